The predicted molar refractivity (Wildman–Crippen MR) is 63.4 cm³/mol. The molecule has 1 saturated heterocycles. The van der Waals surface area contributed by atoms with E-state index in [4.69, 9.17) is 16.3 Å². The molecule has 82 valence electrons. The summed E-state index contributed by atoms with van der Waals surface area (Å²) in [5.41, 5.74) is 1.53. The van der Waals surface area contributed by atoms with E-state index >= 15 is 0 Å². The molecule has 0 N–H and O–H groups in total. The van der Waals surface area contributed by atoms with Gasteiger partial charge in [-0.2, -0.15) is 0 Å². The van der Waals surface area contributed by atoms with Crippen LogP contribution in [0.4, 0.5) is 0 Å². The van der Waals surface area contributed by atoms with Gasteiger partial charge in [-0.15, -0.1) is 11.6 Å². The summed E-state index contributed by atoms with van der Waals surface area (Å²) in [5, 5.41) is 0. The molecule has 1 fully saturated rings. The van der Waals surface area contributed by atoms with Crippen LogP contribution in [0.5, 0.6) is 0 Å². The van der Waals surface area contributed by atoms with Crippen molar-refractivity contribution in [1.82, 2.24) is 0 Å². The summed E-state index contributed by atoms with van der Waals surface area (Å²) in [4.78, 5) is 0. The molecule has 1 aromatic carbocycles. The van der Waals surface area contributed by atoms with E-state index in [0.717, 1.165) is 26.1 Å². The van der Waals surface area contributed by atoms with Crippen molar-refractivity contribution >= 4 is 11.6 Å². The van der Waals surface area contributed by atoms with Crippen LogP contribution in [-0.4, -0.2) is 19.1 Å². The molecule has 1 atom stereocenters. The zero-order valence-electron chi connectivity index (χ0n) is 8.92. The fourth-order valence-corrected chi connectivity index (χ4v) is 2.54. The van der Waals surface area contributed by atoms with Crippen molar-refractivity contribution in [2.75, 3.05) is 19.1 Å². The van der Waals surface area contributed by atoms with E-state index in [0.29, 0.717) is 5.88 Å². The number of benzene rings is 1. The molecule has 0 spiro atoms. The molecule has 1 unspecified atom stereocenters. The van der Waals surface area contributed by atoms with Gasteiger partial charge in [0.2, 0.25) is 0 Å². The molecule has 2 heteroatoms. The zero-order valence-corrected chi connectivity index (χ0v) is 9.67. The first kappa shape index (κ1) is 11.0. The summed E-state index contributed by atoms with van der Waals surface area (Å²) < 4.78 is 5.56. The largest absolute Gasteiger partial charge is 0.381 e. The van der Waals surface area contributed by atoms with E-state index < -0.39 is 0 Å². The molecule has 0 aromatic heterocycles. The highest BCUT2D eigenvalue weighted by molar-refractivity contribution is 6.18. The lowest BCUT2D eigenvalue weighted by Gasteiger charge is -2.35. The standard InChI is InChI=1S/C13H17ClO/c14-10-13(7-4-8-15-11-13)9-12-5-2-1-3-6-12/h1-3,5-6H,4,7-11H2. The highest BCUT2D eigenvalue weighted by Crippen LogP contribution is 2.33. The van der Waals surface area contributed by atoms with E-state index in [1.807, 2.05) is 6.07 Å². The smallest absolute Gasteiger partial charge is 0.0537 e. The van der Waals surface area contributed by atoms with Crippen molar-refractivity contribution < 1.29 is 4.74 Å². The summed E-state index contributed by atoms with van der Waals surface area (Å²) in [6.07, 6.45) is 3.36. The quantitative estimate of drug-likeness (QED) is 0.717. The molecule has 0 aliphatic carbocycles. The molecule has 1 heterocycles. The van der Waals surface area contributed by atoms with Crippen LogP contribution in [0.25, 0.3) is 0 Å². The SMILES string of the molecule is ClCC1(Cc2ccccc2)CCCOC1. The Bertz CT molecular complexity index is 291. The first-order valence-corrected chi connectivity index (χ1v) is 6.06. The molecule has 0 bridgehead atoms. The lowest BCUT2D eigenvalue weighted by Crippen LogP contribution is -2.35. The number of hydrogen-bond donors (Lipinski definition) is 0. The number of ether oxygens (including phenoxy) is 1. The number of hydrogen-bond acceptors (Lipinski definition) is 1. The van der Waals surface area contributed by atoms with Gasteiger partial charge in [-0.3, -0.25) is 0 Å². The molecule has 2 rings (SSSR count). The van der Waals surface area contributed by atoms with Crippen molar-refractivity contribution in [2.45, 2.75) is 19.3 Å². The van der Waals surface area contributed by atoms with Crippen molar-refractivity contribution in [3.05, 3.63) is 35.9 Å². The summed E-state index contributed by atoms with van der Waals surface area (Å²) in [7, 11) is 0. The van der Waals surface area contributed by atoms with Crippen LogP contribution < -0.4 is 0 Å². The van der Waals surface area contributed by atoms with Gasteiger partial charge in [-0.25, -0.2) is 0 Å². The average Bonchev–Trinajstić information content (AvgIpc) is 2.32. The second kappa shape index (κ2) is 5.00. The Morgan fingerprint density at radius 1 is 1.27 bits per heavy atom. The van der Waals surface area contributed by atoms with Crippen molar-refractivity contribution in [1.29, 1.82) is 0 Å². The predicted octanol–water partition coefficient (Wildman–Crippen LogP) is 3.26. The van der Waals surface area contributed by atoms with Gasteiger partial charge in [0.25, 0.3) is 0 Å². The minimum Gasteiger partial charge on any atom is -0.381 e. The third-order valence-corrected chi connectivity index (χ3v) is 3.68. The van der Waals surface area contributed by atoms with Gasteiger partial charge in [-0.05, 0) is 24.8 Å². The topological polar surface area (TPSA) is 9.23 Å². The zero-order chi connectivity index (χ0) is 10.6. The van der Waals surface area contributed by atoms with E-state index in [2.05, 4.69) is 24.3 Å². The van der Waals surface area contributed by atoms with Crippen LogP contribution in [0.2, 0.25) is 0 Å². The van der Waals surface area contributed by atoms with E-state index in [1.165, 1.54) is 12.0 Å². The van der Waals surface area contributed by atoms with Gasteiger partial charge in [0, 0.05) is 17.9 Å². The van der Waals surface area contributed by atoms with Crippen LogP contribution in [0.3, 0.4) is 0 Å². The molecule has 0 saturated carbocycles. The fraction of sp³-hybridized carbons (Fsp3) is 0.538. The monoisotopic (exact) mass is 224 g/mol. The molecule has 1 aliphatic heterocycles. The lowest BCUT2D eigenvalue weighted by molar-refractivity contribution is 0.00477. The summed E-state index contributed by atoms with van der Waals surface area (Å²) in [6.45, 7) is 1.71. The van der Waals surface area contributed by atoms with Gasteiger partial charge < -0.3 is 4.74 Å². The van der Waals surface area contributed by atoms with E-state index in [-0.39, 0.29) is 5.41 Å². The Balaban J connectivity index is 2.07. The molecule has 15 heavy (non-hydrogen) atoms. The van der Waals surface area contributed by atoms with Crippen molar-refractivity contribution in [3.8, 4) is 0 Å². The maximum Gasteiger partial charge on any atom is 0.0537 e. The molecule has 0 radical (unpaired) electrons. The minimum atomic E-state index is 0.168. The summed E-state index contributed by atoms with van der Waals surface area (Å²) in [5.74, 6) is 0.696. The average molecular weight is 225 g/mol. The third kappa shape index (κ3) is 2.73. The van der Waals surface area contributed by atoms with Gasteiger partial charge in [0.05, 0.1) is 6.61 Å². The first-order chi connectivity index (χ1) is 7.35. The molecular weight excluding hydrogens is 208 g/mol. The highest BCUT2D eigenvalue weighted by Gasteiger charge is 2.32. The van der Waals surface area contributed by atoms with Gasteiger partial charge in [0.1, 0.15) is 0 Å². The molecule has 1 nitrogen and oxygen atoms in total. The van der Waals surface area contributed by atoms with Gasteiger partial charge in [-0.1, -0.05) is 30.3 Å². The second-order valence-corrected chi connectivity index (χ2v) is 4.72. The minimum absolute atomic E-state index is 0.168. The van der Waals surface area contributed by atoms with E-state index in [1.54, 1.807) is 0 Å². The second-order valence-electron chi connectivity index (χ2n) is 4.45. The Morgan fingerprint density at radius 2 is 2.07 bits per heavy atom. The van der Waals surface area contributed by atoms with Crippen LogP contribution in [0.15, 0.2) is 30.3 Å². The summed E-state index contributed by atoms with van der Waals surface area (Å²) in [6, 6.07) is 10.6. The number of halogens is 1. The maximum atomic E-state index is 6.11. The molecule has 1 aliphatic rings. The number of alkyl halides is 1. The normalized spacial score (nSPS) is 26.5. The Hall–Kier alpha value is -0.530. The Morgan fingerprint density at radius 3 is 2.67 bits per heavy atom. The highest BCUT2D eigenvalue weighted by atomic mass is 35.5. The van der Waals surface area contributed by atoms with Gasteiger partial charge in [0.15, 0.2) is 0 Å². The van der Waals surface area contributed by atoms with Crippen molar-refractivity contribution in [2.24, 2.45) is 5.41 Å². The molecular formula is C13H17ClO. The maximum absolute atomic E-state index is 6.11. The third-order valence-electron chi connectivity index (χ3n) is 3.11. The van der Waals surface area contributed by atoms with Crippen molar-refractivity contribution in [3.63, 3.8) is 0 Å². The number of rotatable bonds is 3. The summed E-state index contributed by atoms with van der Waals surface area (Å²) >= 11 is 6.11. The fourth-order valence-electron chi connectivity index (χ4n) is 2.23. The van der Waals surface area contributed by atoms with E-state index in [9.17, 15) is 0 Å². The Labute approximate surface area is 96.4 Å². The van der Waals surface area contributed by atoms with Crippen LogP contribution in [0.1, 0.15) is 18.4 Å². The van der Waals surface area contributed by atoms with Crippen LogP contribution in [-0.2, 0) is 11.2 Å². The van der Waals surface area contributed by atoms with Crippen LogP contribution in [0, 0.1) is 5.41 Å². The molecule has 0 amide bonds. The lowest BCUT2D eigenvalue weighted by atomic mass is 9.79. The Kier molecular flexibility index (Phi) is 3.66. The molecule has 1 aromatic rings. The van der Waals surface area contributed by atoms with Gasteiger partial charge >= 0.3 is 0 Å². The first-order valence-electron chi connectivity index (χ1n) is 5.52. The van der Waals surface area contributed by atoms with Crippen LogP contribution >= 0.6 is 11.6 Å².